The molecule has 148 valence electrons. The predicted molar refractivity (Wildman–Crippen MR) is 110 cm³/mol. The molecular weight excluding hydrogens is 374 g/mol. The van der Waals surface area contributed by atoms with Gasteiger partial charge in [0.05, 0.1) is 0 Å². The number of hydrogen-bond donors (Lipinski definition) is 0. The van der Waals surface area contributed by atoms with E-state index in [4.69, 9.17) is 9.47 Å². The van der Waals surface area contributed by atoms with Crippen LogP contribution in [0.25, 0.3) is 0 Å². The molecule has 1 aliphatic rings. The quantitative estimate of drug-likeness (QED) is 0.627. The number of hydrogen-bond acceptors (Lipinski definition) is 5. The van der Waals surface area contributed by atoms with Crippen molar-refractivity contribution in [1.29, 1.82) is 0 Å². The maximum atomic E-state index is 13.2. The average Bonchev–Trinajstić information content (AvgIpc) is 3.04. The van der Waals surface area contributed by atoms with E-state index in [1.54, 1.807) is 11.8 Å². The molecule has 28 heavy (non-hydrogen) atoms. The summed E-state index contributed by atoms with van der Waals surface area (Å²) in [5, 5.41) is 0. The first-order chi connectivity index (χ1) is 13.6. The van der Waals surface area contributed by atoms with Crippen molar-refractivity contribution in [2.45, 2.75) is 38.1 Å². The van der Waals surface area contributed by atoms with Gasteiger partial charge in [-0.3, -0.25) is 4.90 Å². The lowest BCUT2D eigenvalue weighted by Gasteiger charge is -2.34. The standard InChI is InChI=1S/C22H25NO4S/c1-3-22(14-15-28-2)20(24)27-19(18-12-8-5-9-13-18)23(22)21(25)26-16-17-10-6-4-7-11-17/h4-13,19H,3,14-16H2,1-2H3/t19-,22+/m1/s1. The Hall–Kier alpha value is -2.47. The lowest BCUT2D eigenvalue weighted by molar-refractivity contribution is -0.145. The largest absolute Gasteiger partial charge is 0.444 e. The first-order valence-corrected chi connectivity index (χ1v) is 10.8. The van der Waals surface area contributed by atoms with Crippen LogP contribution < -0.4 is 0 Å². The van der Waals surface area contributed by atoms with Gasteiger partial charge in [-0.15, -0.1) is 0 Å². The van der Waals surface area contributed by atoms with Crippen LogP contribution >= 0.6 is 11.8 Å². The van der Waals surface area contributed by atoms with Crippen LogP contribution in [0.2, 0.25) is 0 Å². The highest BCUT2D eigenvalue weighted by molar-refractivity contribution is 7.98. The fourth-order valence-electron chi connectivity index (χ4n) is 3.47. The molecule has 0 spiro atoms. The van der Waals surface area contributed by atoms with Crippen molar-refractivity contribution in [2.24, 2.45) is 0 Å². The number of nitrogens with zero attached hydrogens (tertiary/aromatic N) is 1. The third-order valence-corrected chi connectivity index (χ3v) is 5.70. The molecule has 1 amide bonds. The summed E-state index contributed by atoms with van der Waals surface area (Å²) in [6.45, 7) is 2.06. The van der Waals surface area contributed by atoms with Crippen LogP contribution in [0.4, 0.5) is 4.79 Å². The first-order valence-electron chi connectivity index (χ1n) is 9.37. The Bertz CT molecular complexity index is 799. The Morgan fingerprint density at radius 3 is 2.39 bits per heavy atom. The fourth-order valence-corrected chi connectivity index (χ4v) is 4.01. The molecule has 0 bridgehead atoms. The van der Waals surface area contributed by atoms with Crippen LogP contribution in [-0.4, -0.2) is 34.5 Å². The van der Waals surface area contributed by atoms with Crippen molar-refractivity contribution in [2.75, 3.05) is 12.0 Å². The summed E-state index contributed by atoms with van der Waals surface area (Å²) in [7, 11) is 0. The SMILES string of the molecule is CC[C@]1(CCSC)C(=O)O[C@H](c2ccccc2)N1C(=O)OCc1ccccc1. The monoisotopic (exact) mass is 399 g/mol. The Labute approximate surface area is 170 Å². The van der Waals surface area contributed by atoms with Gasteiger partial charge in [0.15, 0.2) is 0 Å². The maximum absolute atomic E-state index is 13.2. The number of amides is 1. The zero-order chi connectivity index (χ0) is 20.0. The molecule has 6 heteroatoms. The van der Waals surface area contributed by atoms with E-state index in [-0.39, 0.29) is 12.6 Å². The highest BCUT2D eigenvalue weighted by Gasteiger charge is 2.57. The number of esters is 1. The molecule has 0 aliphatic carbocycles. The van der Waals surface area contributed by atoms with Crippen LogP contribution in [0.5, 0.6) is 0 Å². The smallest absolute Gasteiger partial charge is 0.414 e. The Morgan fingerprint density at radius 1 is 1.14 bits per heavy atom. The molecule has 0 aromatic heterocycles. The minimum atomic E-state index is -1.02. The molecular formula is C22H25NO4S. The van der Waals surface area contributed by atoms with Gasteiger partial charge in [0, 0.05) is 5.56 Å². The Morgan fingerprint density at radius 2 is 1.79 bits per heavy atom. The summed E-state index contributed by atoms with van der Waals surface area (Å²) in [4.78, 5) is 27.6. The van der Waals surface area contributed by atoms with Crippen LogP contribution in [0.1, 0.15) is 37.1 Å². The third kappa shape index (κ3) is 4.02. The van der Waals surface area contributed by atoms with Gasteiger partial charge in [0.1, 0.15) is 12.1 Å². The number of thioether (sulfide) groups is 1. The van der Waals surface area contributed by atoms with Gasteiger partial charge in [-0.2, -0.15) is 11.8 Å². The van der Waals surface area contributed by atoms with E-state index < -0.39 is 17.9 Å². The molecule has 1 saturated heterocycles. The van der Waals surface area contributed by atoms with E-state index in [2.05, 4.69) is 0 Å². The van der Waals surface area contributed by atoms with Crippen molar-refractivity contribution in [3.63, 3.8) is 0 Å². The lowest BCUT2D eigenvalue weighted by Crippen LogP contribution is -2.52. The van der Waals surface area contributed by atoms with E-state index in [0.29, 0.717) is 12.8 Å². The number of cyclic esters (lactones) is 1. The summed E-state index contributed by atoms with van der Waals surface area (Å²) in [5.74, 6) is 0.377. The summed E-state index contributed by atoms with van der Waals surface area (Å²) in [5.41, 5.74) is 0.633. The normalized spacial score (nSPS) is 21.4. The molecule has 0 radical (unpaired) electrons. The molecule has 0 unspecified atom stereocenters. The molecule has 1 aliphatic heterocycles. The number of rotatable bonds is 7. The molecule has 5 nitrogen and oxygen atoms in total. The fraction of sp³-hybridized carbons (Fsp3) is 0.364. The minimum Gasteiger partial charge on any atom is -0.444 e. The van der Waals surface area contributed by atoms with E-state index in [0.717, 1.165) is 16.9 Å². The van der Waals surface area contributed by atoms with Crippen LogP contribution in [0.15, 0.2) is 60.7 Å². The Balaban J connectivity index is 1.90. The summed E-state index contributed by atoms with van der Waals surface area (Å²) in [6.07, 6.45) is 1.66. The molecule has 2 aromatic rings. The van der Waals surface area contributed by atoms with E-state index >= 15 is 0 Å². The van der Waals surface area contributed by atoms with Crippen LogP contribution in [0, 0.1) is 0 Å². The van der Waals surface area contributed by atoms with Gasteiger partial charge in [-0.1, -0.05) is 67.6 Å². The van der Waals surface area contributed by atoms with Gasteiger partial charge >= 0.3 is 12.1 Å². The second kappa shape index (κ2) is 9.15. The summed E-state index contributed by atoms with van der Waals surface area (Å²) in [6, 6.07) is 18.8. The number of benzene rings is 2. The van der Waals surface area contributed by atoms with E-state index in [9.17, 15) is 9.59 Å². The van der Waals surface area contributed by atoms with Crippen molar-refractivity contribution in [3.8, 4) is 0 Å². The second-order valence-electron chi connectivity index (χ2n) is 6.71. The van der Waals surface area contributed by atoms with Gasteiger partial charge < -0.3 is 9.47 Å². The highest BCUT2D eigenvalue weighted by Crippen LogP contribution is 2.43. The molecule has 1 fully saturated rings. The molecule has 0 saturated carbocycles. The molecule has 3 rings (SSSR count). The molecule has 0 N–H and O–H groups in total. The Kier molecular flexibility index (Phi) is 6.62. The predicted octanol–water partition coefficient (Wildman–Crippen LogP) is 4.78. The number of ether oxygens (including phenoxy) is 2. The van der Waals surface area contributed by atoms with Crippen molar-refractivity contribution in [1.82, 2.24) is 4.90 Å². The maximum Gasteiger partial charge on any atom is 0.414 e. The average molecular weight is 400 g/mol. The van der Waals surface area contributed by atoms with E-state index in [1.165, 1.54) is 4.90 Å². The van der Waals surface area contributed by atoms with Gasteiger partial charge in [0.25, 0.3) is 0 Å². The third-order valence-electron chi connectivity index (χ3n) is 5.09. The van der Waals surface area contributed by atoms with Crippen molar-refractivity contribution >= 4 is 23.8 Å². The highest BCUT2D eigenvalue weighted by atomic mass is 32.2. The number of carbonyl (C=O) groups excluding carboxylic acids is 2. The molecule has 1 heterocycles. The molecule has 2 aromatic carbocycles. The number of carbonyl (C=O) groups is 2. The minimum absolute atomic E-state index is 0.147. The molecule has 2 atom stereocenters. The zero-order valence-electron chi connectivity index (χ0n) is 16.2. The van der Waals surface area contributed by atoms with Crippen LogP contribution in [0.3, 0.4) is 0 Å². The van der Waals surface area contributed by atoms with Gasteiger partial charge in [-0.25, -0.2) is 9.59 Å². The van der Waals surface area contributed by atoms with E-state index in [1.807, 2.05) is 73.8 Å². The van der Waals surface area contributed by atoms with Crippen molar-refractivity contribution < 1.29 is 19.1 Å². The summed E-state index contributed by atoms with van der Waals surface area (Å²) < 4.78 is 11.3. The summed E-state index contributed by atoms with van der Waals surface area (Å²) >= 11 is 1.64. The van der Waals surface area contributed by atoms with Crippen molar-refractivity contribution in [3.05, 3.63) is 71.8 Å². The first kappa shape index (κ1) is 20.3. The van der Waals surface area contributed by atoms with Crippen LogP contribution in [-0.2, 0) is 20.9 Å². The topological polar surface area (TPSA) is 55.8 Å². The second-order valence-corrected chi connectivity index (χ2v) is 7.69. The van der Waals surface area contributed by atoms with Gasteiger partial charge in [-0.05, 0) is 30.4 Å². The zero-order valence-corrected chi connectivity index (χ0v) is 17.0. The van der Waals surface area contributed by atoms with Gasteiger partial charge in [0.2, 0.25) is 6.23 Å². The lowest BCUT2D eigenvalue weighted by atomic mass is 9.91.